The number of hydrogen-bond acceptors (Lipinski definition) is 2. The van der Waals surface area contributed by atoms with Crippen LogP contribution < -0.4 is 5.32 Å². The molecule has 2 amide bonds. The number of piperidine rings is 1. The van der Waals surface area contributed by atoms with Gasteiger partial charge in [-0.2, -0.15) is 0 Å². The Morgan fingerprint density at radius 1 is 1.10 bits per heavy atom. The van der Waals surface area contributed by atoms with E-state index in [9.17, 15) is 4.79 Å². The lowest BCUT2D eigenvalue weighted by Crippen LogP contribution is -2.56. The molecule has 114 valence electrons. The Hall–Kier alpha value is -1.55. The molecule has 0 aliphatic carbocycles. The second-order valence-electron chi connectivity index (χ2n) is 6.44. The van der Waals surface area contributed by atoms with Gasteiger partial charge in [0.05, 0.1) is 0 Å². The summed E-state index contributed by atoms with van der Waals surface area (Å²) in [5.74, 6) is 0. The summed E-state index contributed by atoms with van der Waals surface area (Å²) in [6.45, 7) is 8.05. The van der Waals surface area contributed by atoms with E-state index < -0.39 is 0 Å². The molecule has 0 saturated carbocycles. The smallest absolute Gasteiger partial charge is 0.321 e. The summed E-state index contributed by atoms with van der Waals surface area (Å²) in [6.07, 6.45) is 3.84. The standard InChI is InChI=1S/C17H25N3O/c1-13-9-14(2)11-15(10-13)18-17(21)20-8-7-19-6-4-3-5-16(19)12-20/h9-11,16H,3-8,12H2,1-2H3,(H,18,21)/t16-/m1/s1. The SMILES string of the molecule is Cc1cc(C)cc(NC(=O)N2CCN3CCCC[C@@H]3C2)c1. The van der Waals surface area contributed by atoms with Crippen LogP contribution in [-0.4, -0.2) is 48.1 Å². The topological polar surface area (TPSA) is 35.6 Å². The molecule has 2 fully saturated rings. The lowest BCUT2D eigenvalue weighted by atomic mass is 10.00. The van der Waals surface area contributed by atoms with Gasteiger partial charge in [0.15, 0.2) is 0 Å². The number of nitrogens with one attached hydrogen (secondary N) is 1. The van der Waals surface area contributed by atoms with Crippen LogP contribution in [0.4, 0.5) is 10.5 Å². The van der Waals surface area contributed by atoms with Gasteiger partial charge in [0, 0.05) is 31.4 Å². The van der Waals surface area contributed by atoms with E-state index in [1.54, 1.807) is 0 Å². The van der Waals surface area contributed by atoms with Crippen LogP contribution in [0.1, 0.15) is 30.4 Å². The number of aryl methyl sites for hydroxylation is 2. The lowest BCUT2D eigenvalue weighted by molar-refractivity contribution is 0.0678. The molecule has 0 unspecified atom stereocenters. The molecule has 3 rings (SSSR count). The number of urea groups is 1. The summed E-state index contributed by atoms with van der Waals surface area (Å²) in [4.78, 5) is 17.0. The molecule has 1 aromatic rings. The van der Waals surface area contributed by atoms with E-state index in [4.69, 9.17) is 0 Å². The molecule has 2 heterocycles. The van der Waals surface area contributed by atoms with Gasteiger partial charge in [-0.05, 0) is 56.5 Å². The fraction of sp³-hybridized carbons (Fsp3) is 0.588. The summed E-state index contributed by atoms with van der Waals surface area (Å²) < 4.78 is 0. The molecule has 4 nitrogen and oxygen atoms in total. The highest BCUT2D eigenvalue weighted by Gasteiger charge is 2.30. The predicted octanol–water partition coefficient (Wildman–Crippen LogP) is 3.01. The quantitative estimate of drug-likeness (QED) is 0.862. The van der Waals surface area contributed by atoms with E-state index in [2.05, 4.69) is 30.1 Å². The van der Waals surface area contributed by atoms with Gasteiger partial charge in [-0.3, -0.25) is 4.90 Å². The normalized spacial score (nSPS) is 22.8. The number of nitrogens with zero attached hydrogens (tertiary/aromatic N) is 2. The van der Waals surface area contributed by atoms with E-state index in [-0.39, 0.29) is 6.03 Å². The Kier molecular flexibility index (Phi) is 4.15. The number of carbonyl (C=O) groups is 1. The molecular formula is C17H25N3O. The monoisotopic (exact) mass is 287 g/mol. The third-order valence-corrected chi connectivity index (χ3v) is 4.60. The minimum atomic E-state index is 0.0465. The number of fused-ring (bicyclic) bond motifs is 1. The number of rotatable bonds is 1. The Morgan fingerprint density at radius 2 is 1.86 bits per heavy atom. The maximum atomic E-state index is 12.5. The summed E-state index contributed by atoms with van der Waals surface area (Å²) in [5, 5.41) is 3.06. The maximum Gasteiger partial charge on any atom is 0.321 e. The third kappa shape index (κ3) is 3.38. The van der Waals surface area contributed by atoms with E-state index in [1.807, 2.05) is 17.0 Å². The number of anilines is 1. The van der Waals surface area contributed by atoms with Gasteiger partial charge in [0.25, 0.3) is 0 Å². The van der Waals surface area contributed by atoms with Crippen LogP contribution in [0.3, 0.4) is 0 Å². The van der Waals surface area contributed by atoms with E-state index in [0.717, 1.165) is 25.3 Å². The second-order valence-corrected chi connectivity index (χ2v) is 6.44. The van der Waals surface area contributed by atoms with Crippen molar-refractivity contribution in [1.82, 2.24) is 9.80 Å². The lowest BCUT2D eigenvalue weighted by Gasteiger charge is -2.43. The van der Waals surface area contributed by atoms with Gasteiger partial charge in [0.1, 0.15) is 0 Å². The van der Waals surface area contributed by atoms with Gasteiger partial charge in [-0.1, -0.05) is 12.5 Å². The average Bonchev–Trinajstić information content (AvgIpc) is 2.45. The molecule has 2 aliphatic rings. The summed E-state index contributed by atoms with van der Waals surface area (Å²) in [6, 6.07) is 6.79. The minimum absolute atomic E-state index is 0.0465. The van der Waals surface area contributed by atoms with Crippen molar-refractivity contribution < 1.29 is 4.79 Å². The van der Waals surface area contributed by atoms with Crippen molar-refractivity contribution in [2.24, 2.45) is 0 Å². The van der Waals surface area contributed by atoms with Crippen LogP contribution in [0.25, 0.3) is 0 Å². The number of carbonyl (C=O) groups excluding carboxylic acids is 1. The van der Waals surface area contributed by atoms with Gasteiger partial charge in [-0.25, -0.2) is 4.79 Å². The highest BCUT2D eigenvalue weighted by Crippen LogP contribution is 2.22. The van der Waals surface area contributed by atoms with Crippen molar-refractivity contribution in [3.8, 4) is 0 Å². The minimum Gasteiger partial charge on any atom is -0.322 e. The van der Waals surface area contributed by atoms with Gasteiger partial charge >= 0.3 is 6.03 Å². The summed E-state index contributed by atoms with van der Waals surface area (Å²) >= 11 is 0. The van der Waals surface area contributed by atoms with Crippen molar-refractivity contribution in [1.29, 1.82) is 0 Å². The summed E-state index contributed by atoms with van der Waals surface area (Å²) in [7, 11) is 0. The highest BCUT2D eigenvalue weighted by atomic mass is 16.2. The fourth-order valence-corrected chi connectivity index (χ4v) is 3.59. The predicted molar refractivity (Wildman–Crippen MR) is 85.7 cm³/mol. The summed E-state index contributed by atoms with van der Waals surface area (Å²) in [5.41, 5.74) is 3.27. The Labute approximate surface area is 127 Å². The van der Waals surface area contributed by atoms with Crippen LogP contribution in [0, 0.1) is 13.8 Å². The van der Waals surface area contributed by atoms with Gasteiger partial charge < -0.3 is 10.2 Å². The van der Waals surface area contributed by atoms with Crippen LogP contribution in [0.15, 0.2) is 18.2 Å². The van der Waals surface area contributed by atoms with Crippen molar-refractivity contribution in [3.05, 3.63) is 29.3 Å². The molecule has 2 aliphatic heterocycles. The molecule has 1 atom stereocenters. The first-order valence-electron chi connectivity index (χ1n) is 8.00. The van der Waals surface area contributed by atoms with E-state index >= 15 is 0 Å². The first kappa shape index (κ1) is 14.4. The number of amides is 2. The van der Waals surface area contributed by atoms with E-state index in [1.165, 1.54) is 36.9 Å². The molecule has 0 bridgehead atoms. The maximum absolute atomic E-state index is 12.5. The molecule has 0 radical (unpaired) electrons. The molecule has 0 spiro atoms. The molecular weight excluding hydrogens is 262 g/mol. The van der Waals surface area contributed by atoms with Crippen LogP contribution in [0.2, 0.25) is 0 Å². The molecule has 1 aromatic carbocycles. The van der Waals surface area contributed by atoms with Crippen LogP contribution in [0.5, 0.6) is 0 Å². The number of benzene rings is 1. The zero-order valence-electron chi connectivity index (χ0n) is 13.1. The Bertz CT molecular complexity index is 509. The number of piperazine rings is 1. The van der Waals surface area contributed by atoms with Crippen LogP contribution in [-0.2, 0) is 0 Å². The molecule has 21 heavy (non-hydrogen) atoms. The Balaban J connectivity index is 1.62. The first-order chi connectivity index (χ1) is 10.1. The van der Waals surface area contributed by atoms with E-state index in [0.29, 0.717) is 6.04 Å². The van der Waals surface area contributed by atoms with Crippen molar-refractivity contribution >= 4 is 11.7 Å². The third-order valence-electron chi connectivity index (χ3n) is 4.60. The first-order valence-corrected chi connectivity index (χ1v) is 8.00. The zero-order valence-corrected chi connectivity index (χ0v) is 13.1. The van der Waals surface area contributed by atoms with Crippen molar-refractivity contribution in [2.45, 2.75) is 39.2 Å². The van der Waals surface area contributed by atoms with Crippen molar-refractivity contribution in [3.63, 3.8) is 0 Å². The highest BCUT2D eigenvalue weighted by molar-refractivity contribution is 5.89. The Morgan fingerprint density at radius 3 is 2.62 bits per heavy atom. The fourth-order valence-electron chi connectivity index (χ4n) is 3.59. The largest absolute Gasteiger partial charge is 0.322 e. The zero-order chi connectivity index (χ0) is 14.8. The van der Waals surface area contributed by atoms with Gasteiger partial charge in [-0.15, -0.1) is 0 Å². The molecule has 2 saturated heterocycles. The molecule has 4 heteroatoms. The molecule has 1 N–H and O–H groups in total. The number of hydrogen-bond donors (Lipinski definition) is 1. The molecule has 0 aromatic heterocycles. The van der Waals surface area contributed by atoms with Crippen LogP contribution >= 0.6 is 0 Å². The van der Waals surface area contributed by atoms with Crippen molar-refractivity contribution in [2.75, 3.05) is 31.5 Å². The second kappa shape index (κ2) is 6.06. The van der Waals surface area contributed by atoms with Gasteiger partial charge in [0.2, 0.25) is 0 Å². The average molecular weight is 287 g/mol.